The summed E-state index contributed by atoms with van der Waals surface area (Å²) in [5, 5.41) is 3.43. The maximum Gasteiger partial charge on any atom is 0.330 e. The molecule has 198 valence electrons. The Morgan fingerprint density at radius 3 is 2.50 bits per heavy atom. The summed E-state index contributed by atoms with van der Waals surface area (Å²) in [4.78, 5) is 27.4. The first-order valence-electron chi connectivity index (χ1n) is 13.3. The van der Waals surface area contributed by atoms with Gasteiger partial charge in [0.25, 0.3) is 0 Å². The van der Waals surface area contributed by atoms with Crippen molar-refractivity contribution in [1.29, 1.82) is 0 Å². The SMILES string of the molecule is COc1ccc(N2Cc3cnc(Nc4ccccc4)nc3N([C@@H]3CC4[C@H](C3)O[Si](C)(C)C4(C)C)C2=O)cc1. The van der Waals surface area contributed by atoms with E-state index in [9.17, 15) is 4.79 Å². The van der Waals surface area contributed by atoms with Crippen LogP contribution in [0.25, 0.3) is 0 Å². The highest BCUT2D eigenvalue weighted by Crippen LogP contribution is 2.59. The summed E-state index contributed by atoms with van der Waals surface area (Å²) in [6.45, 7) is 9.76. The number of ether oxygens (including phenoxy) is 1. The van der Waals surface area contributed by atoms with Gasteiger partial charge in [0.2, 0.25) is 5.95 Å². The minimum Gasteiger partial charge on any atom is -0.497 e. The number of benzene rings is 2. The van der Waals surface area contributed by atoms with E-state index in [1.54, 1.807) is 7.11 Å². The molecule has 1 saturated carbocycles. The molecule has 6 rings (SSSR count). The number of urea groups is 1. The van der Waals surface area contributed by atoms with Gasteiger partial charge in [0.15, 0.2) is 8.32 Å². The van der Waals surface area contributed by atoms with Crippen LogP contribution in [0.3, 0.4) is 0 Å². The smallest absolute Gasteiger partial charge is 0.330 e. The predicted molar refractivity (Wildman–Crippen MR) is 152 cm³/mol. The summed E-state index contributed by atoms with van der Waals surface area (Å²) in [5.74, 6) is 2.34. The minimum atomic E-state index is -1.82. The summed E-state index contributed by atoms with van der Waals surface area (Å²) in [6, 6.07) is 17.4. The average molecular weight is 530 g/mol. The van der Waals surface area contributed by atoms with Crippen LogP contribution in [-0.4, -0.2) is 43.6 Å². The number of hydrogen-bond acceptors (Lipinski definition) is 6. The van der Waals surface area contributed by atoms with Gasteiger partial charge in [0.1, 0.15) is 11.6 Å². The largest absolute Gasteiger partial charge is 0.497 e. The van der Waals surface area contributed by atoms with Crippen LogP contribution in [0.5, 0.6) is 5.75 Å². The number of carbonyl (C=O) groups is 1. The summed E-state index contributed by atoms with van der Waals surface area (Å²) < 4.78 is 12.0. The molecular weight excluding hydrogens is 494 g/mol. The van der Waals surface area contributed by atoms with Crippen LogP contribution in [0.4, 0.5) is 27.9 Å². The van der Waals surface area contributed by atoms with Gasteiger partial charge in [0.05, 0.1) is 19.8 Å². The van der Waals surface area contributed by atoms with E-state index < -0.39 is 8.32 Å². The lowest BCUT2D eigenvalue weighted by Gasteiger charge is -2.41. The first kappa shape index (κ1) is 24.9. The molecule has 0 spiro atoms. The van der Waals surface area contributed by atoms with Crippen molar-refractivity contribution in [2.45, 2.75) is 63.5 Å². The Labute approximate surface area is 225 Å². The maximum atomic E-state index is 14.2. The molecule has 3 aromatic rings. The number of fused-ring (bicyclic) bond motifs is 2. The molecule has 3 aliphatic rings. The Hall–Kier alpha value is -3.43. The molecule has 3 heterocycles. The number of anilines is 4. The summed E-state index contributed by atoms with van der Waals surface area (Å²) >= 11 is 0. The fraction of sp³-hybridized carbons (Fsp3) is 0.414. The number of hydrogen-bond donors (Lipinski definition) is 1. The molecule has 9 heteroatoms. The number of methoxy groups -OCH3 is 1. The number of rotatable bonds is 5. The van der Waals surface area contributed by atoms with Gasteiger partial charge in [-0.3, -0.25) is 9.80 Å². The molecule has 1 saturated heterocycles. The Morgan fingerprint density at radius 1 is 1.08 bits per heavy atom. The summed E-state index contributed by atoms with van der Waals surface area (Å²) in [7, 11) is -0.179. The third kappa shape index (κ3) is 4.05. The average Bonchev–Trinajstić information content (AvgIpc) is 3.38. The highest BCUT2D eigenvalue weighted by Gasteiger charge is 2.61. The second kappa shape index (κ2) is 9.09. The van der Waals surface area contributed by atoms with E-state index in [1.807, 2.05) is 70.6 Å². The number of amides is 2. The Balaban J connectivity index is 1.37. The van der Waals surface area contributed by atoms with Crippen molar-refractivity contribution in [3.05, 3.63) is 66.4 Å². The van der Waals surface area contributed by atoms with Crippen LogP contribution in [0.1, 0.15) is 32.3 Å². The van der Waals surface area contributed by atoms with Crippen LogP contribution >= 0.6 is 0 Å². The molecule has 2 amide bonds. The normalized spacial score (nSPS) is 25.2. The zero-order chi connectivity index (χ0) is 26.7. The minimum absolute atomic E-state index is 0.00106. The molecule has 0 bridgehead atoms. The summed E-state index contributed by atoms with van der Waals surface area (Å²) in [6.07, 6.45) is 3.74. The number of nitrogens with one attached hydrogen (secondary N) is 1. The highest BCUT2D eigenvalue weighted by molar-refractivity contribution is 6.75. The Morgan fingerprint density at radius 2 is 1.82 bits per heavy atom. The van der Waals surface area contributed by atoms with E-state index in [1.165, 1.54) is 0 Å². The van der Waals surface area contributed by atoms with Crippen molar-refractivity contribution >= 4 is 37.5 Å². The monoisotopic (exact) mass is 529 g/mol. The second-order valence-electron chi connectivity index (χ2n) is 11.6. The van der Waals surface area contributed by atoms with Crippen LogP contribution in [0.15, 0.2) is 60.8 Å². The van der Waals surface area contributed by atoms with Gasteiger partial charge in [-0.05, 0) is 73.3 Å². The summed E-state index contributed by atoms with van der Waals surface area (Å²) in [5.41, 5.74) is 2.64. The first-order chi connectivity index (χ1) is 18.2. The van der Waals surface area contributed by atoms with Crippen molar-refractivity contribution in [3.63, 3.8) is 0 Å². The van der Waals surface area contributed by atoms with E-state index in [-0.39, 0.29) is 23.2 Å². The number of carbonyl (C=O) groups excluding carboxylic acids is 1. The molecule has 1 aliphatic carbocycles. The van der Waals surface area contributed by atoms with Crippen molar-refractivity contribution in [3.8, 4) is 5.75 Å². The molecule has 1 aromatic heterocycles. The van der Waals surface area contributed by atoms with Crippen LogP contribution < -0.4 is 19.9 Å². The van der Waals surface area contributed by atoms with Gasteiger partial charge in [0, 0.05) is 29.2 Å². The van der Waals surface area contributed by atoms with Crippen LogP contribution in [0, 0.1) is 5.92 Å². The van der Waals surface area contributed by atoms with E-state index in [2.05, 4.69) is 37.2 Å². The number of para-hydroxylation sites is 1. The van der Waals surface area contributed by atoms with Crippen molar-refractivity contribution in [2.75, 3.05) is 22.2 Å². The van der Waals surface area contributed by atoms with Crippen molar-refractivity contribution in [2.24, 2.45) is 5.92 Å². The molecule has 2 aliphatic heterocycles. The second-order valence-corrected chi connectivity index (χ2v) is 16.1. The van der Waals surface area contributed by atoms with Gasteiger partial charge >= 0.3 is 6.03 Å². The molecule has 38 heavy (non-hydrogen) atoms. The molecule has 0 radical (unpaired) electrons. The van der Waals surface area contributed by atoms with Gasteiger partial charge in [-0.2, -0.15) is 4.98 Å². The topological polar surface area (TPSA) is 79.8 Å². The van der Waals surface area contributed by atoms with E-state index >= 15 is 0 Å². The van der Waals surface area contributed by atoms with E-state index in [0.29, 0.717) is 24.2 Å². The zero-order valence-corrected chi connectivity index (χ0v) is 23.6. The standard InChI is InChI=1S/C29H35N5O3Si/c1-29(2)24-15-22(16-25(24)37-38(29,4)5)34-26-19(17-30-27(32-26)31-20-9-7-6-8-10-20)18-33(28(34)35)21-11-13-23(36-3)14-12-21/h6-14,17,22,24-25H,15-16,18H2,1-5H3,(H,30,31,32)/t22-,24?,25+/m1/s1. The lowest BCUT2D eigenvalue weighted by atomic mass is 9.91. The third-order valence-corrected chi connectivity index (χ3v) is 13.4. The third-order valence-electron chi connectivity index (χ3n) is 9.02. The Kier molecular flexibility index (Phi) is 5.95. The van der Waals surface area contributed by atoms with Gasteiger partial charge < -0.3 is 14.5 Å². The van der Waals surface area contributed by atoms with E-state index in [4.69, 9.17) is 14.1 Å². The highest BCUT2D eigenvalue weighted by atomic mass is 28.4. The maximum absolute atomic E-state index is 14.2. The molecular formula is C29H35N5O3Si. The molecule has 1 unspecified atom stereocenters. The van der Waals surface area contributed by atoms with Gasteiger partial charge in [-0.15, -0.1) is 0 Å². The van der Waals surface area contributed by atoms with Gasteiger partial charge in [-0.25, -0.2) is 9.78 Å². The van der Waals surface area contributed by atoms with Gasteiger partial charge in [-0.1, -0.05) is 32.0 Å². The lowest BCUT2D eigenvalue weighted by Crippen LogP contribution is -2.52. The molecule has 8 nitrogen and oxygen atoms in total. The van der Waals surface area contributed by atoms with Crippen molar-refractivity contribution < 1.29 is 14.0 Å². The first-order valence-corrected chi connectivity index (χ1v) is 16.2. The number of aromatic nitrogens is 2. The quantitative estimate of drug-likeness (QED) is 0.389. The molecule has 2 fully saturated rings. The van der Waals surface area contributed by atoms with Crippen molar-refractivity contribution in [1.82, 2.24) is 9.97 Å². The fourth-order valence-corrected chi connectivity index (χ4v) is 8.75. The fourth-order valence-electron chi connectivity index (χ4n) is 6.23. The molecule has 2 aromatic carbocycles. The number of nitrogens with zero attached hydrogens (tertiary/aromatic N) is 4. The zero-order valence-electron chi connectivity index (χ0n) is 22.6. The Bertz CT molecular complexity index is 1350. The lowest BCUT2D eigenvalue weighted by molar-refractivity contribution is 0.193. The predicted octanol–water partition coefficient (Wildman–Crippen LogP) is 6.34. The van der Waals surface area contributed by atoms with Crippen LogP contribution in [-0.2, 0) is 11.0 Å². The molecule has 1 N–H and O–H groups in total. The van der Waals surface area contributed by atoms with Crippen LogP contribution in [0.2, 0.25) is 18.1 Å². The van der Waals surface area contributed by atoms with E-state index in [0.717, 1.165) is 35.5 Å². The molecule has 3 atom stereocenters.